The van der Waals surface area contributed by atoms with Gasteiger partial charge in [0.05, 0.1) is 33.0 Å². The molecule has 0 aliphatic carbocycles. The normalized spacial score (nSPS) is 10.5. The Morgan fingerprint density at radius 1 is 1.00 bits per heavy atom. The lowest BCUT2D eigenvalue weighted by atomic mass is 10.3. The SMILES string of the molecule is CCCCOC(=O)CCCOCCOCCO. The molecule has 0 saturated heterocycles. The van der Waals surface area contributed by atoms with Crippen molar-refractivity contribution >= 4 is 5.97 Å². The molecule has 0 atom stereocenters. The molecule has 0 spiro atoms. The van der Waals surface area contributed by atoms with Crippen molar-refractivity contribution in [3.63, 3.8) is 0 Å². The molecule has 17 heavy (non-hydrogen) atoms. The van der Waals surface area contributed by atoms with Gasteiger partial charge in [0.2, 0.25) is 0 Å². The standard InChI is InChI=1S/C12H24O5/c1-2-3-8-17-12(14)5-4-7-15-10-11-16-9-6-13/h13H,2-11H2,1H3. The molecule has 0 saturated carbocycles. The minimum atomic E-state index is -0.154. The zero-order chi connectivity index (χ0) is 12.8. The average Bonchev–Trinajstić information content (AvgIpc) is 2.33. The van der Waals surface area contributed by atoms with Gasteiger partial charge in [0.1, 0.15) is 0 Å². The van der Waals surface area contributed by atoms with E-state index < -0.39 is 0 Å². The van der Waals surface area contributed by atoms with Gasteiger partial charge in [0, 0.05) is 13.0 Å². The fourth-order valence-corrected chi connectivity index (χ4v) is 1.11. The van der Waals surface area contributed by atoms with E-state index in [2.05, 4.69) is 6.92 Å². The molecule has 0 aliphatic heterocycles. The Hall–Kier alpha value is -0.650. The smallest absolute Gasteiger partial charge is 0.305 e. The molecule has 0 aliphatic rings. The maximum absolute atomic E-state index is 11.2. The summed E-state index contributed by atoms with van der Waals surface area (Å²) in [6.45, 7) is 4.44. The second-order valence-electron chi connectivity index (χ2n) is 3.63. The van der Waals surface area contributed by atoms with E-state index in [9.17, 15) is 4.79 Å². The number of carbonyl (C=O) groups is 1. The molecule has 0 aromatic carbocycles. The third kappa shape index (κ3) is 13.3. The highest BCUT2D eigenvalue weighted by Crippen LogP contribution is 1.96. The molecule has 0 amide bonds. The van der Waals surface area contributed by atoms with Gasteiger partial charge in [0.25, 0.3) is 0 Å². The fourth-order valence-electron chi connectivity index (χ4n) is 1.11. The second kappa shape index (κ2) is 13.4. The summed E-state index contributed by atoms with van der Waals surface area (Å²) in [5, 5.41) is 8.44. The van der Waals surface area contributed by atoms with E-state index in [4.69, 9.17) is 19.3 Å². The first-order chi connectivity index (χ1) is 8.31. The Labute approximate surface area is 103 Å². The molecule has 0 rings (SSSR count). The molecule has 0 heterocycles. The van der Waals surface area contributed by atoms with Gasteiger partial charge in [-0.25, -0.2) is 0 Å². The van der Waals surface area contributed by atoms with Crippen molar-refractivity contribution in [2.45, 2.75) is 32.6 Å². The largest absolute Gasteiger partial charge is 0.466 e. The van der Waals surface area contributed by atoms with E-state index in [0.717, 1.165) is 12.8 Å². The van der Waals surface area contributed by atoms with E-state index in [0.29, 0.717) is 45.9 Å². The van der Waals surface area contributed by atoms with Crippen LogP contribution in [0.5, 0.6) is 0 Å². The molecule has 0 fully saturated rings. The van der Waals surface area contributed by atoms with Crippen LogP contribution in [0.4, 0.5) is 0 Å². The molecule has 5 heteroatoms. The predicted molar refractivity (Wildman–Crippen MR) is 63.8 cm³/mol. The summed E-state index contributed by atoms with van der Waals surface area (Å²) in [6.07, 6.45) is 3.03. The summed E-state index contributed by atoms with van der Waals surface area (Å²) >= 11 is 0. The third-order valence-electron chi connectivity index (χ3n) is 2.04. The first-order valence-corrected chi connectivity index (χ1v) is 6.23. The number of aliphatic hydroxyl groups excluding tert-OH is 1. The number of rotatable bonds is 12. The summed E-state index contributed by atoms with van der Waals surface area (Å²) in [4.78, 5) is 11.2. The number of esters is 1. The van der Waals surface area contributed by atoms with Crippen molar-refractivity contribution in [3.8, 4) is 0 Å². The van der Waals surface area contributed by atoms with E-state index in [1.165, 1.54) is 0 Å². The molecule has 0 bridgehead atoms. The number of aliphatic hydroxyl groups is 1. The van der Waals surface area contributed by atoms with Gasteiger partial charge in [-0.2, -0.15) is 0 Å². The van der Waals surface area contributed by atoms with Crippen molar-refractivity contribution in [2.24, 2.45) is 0 Å². The monoisotopic (exact) mass is 248 g/mol. The highest BCUT2D eigenvalue weighted by atomic mass is 16.5. The fraction of sp³-hybridized carbons (Fsp3) is 0.917. The van der Waals surface area contributed by atoms with Crippen LogP contribution in [0, 0.1) is 0 Å². The Morgan fingerprint density at radius 3 is 2.35 bits per heavy atom. The molecule has 102 valence electrons. The van der Waals surface area contributed by atoms with E-state index in [1.807, 2.05) is 0 Å². The first kappa shape index (κ1) is 16.4. The Morgan fingerprint density at radius 2 is 1.71 bits per heavy atom. The highest BCUT2D eigenvalue weighted by Gasteiger charge is 2.01. The lowest BCUT2D eigenvalue weighted by molar-refractivity contribution is -0.144. The number of carbonyl (C=O) groups excluding carboxylic acids is 1. The summed E-state index contributed by atoms with van der Waals surface area (Å²) in [6, 6.07) is 0. The van der Waals surface area contributed by atoms with Gasteiger partial charge in [0.15, 0.2) is 0 Å². The van der Waals surface area contributed by atoms with Crippen LogP contribution >= 0.6 is 0 Å². The van der Waals surface area contributed by atoms with Gasteiger partial charge < -0.3 is 19.3 Å². The number of hydrogen-bond donors (Lipinski definition) is 1. The van der Waals surface area contributed by atoms with Crippen molar-refractivity contribution in [2.75, 3.05) is 39.6 Å². The maximum atomic E-state index is 11.2. The molecule has 0 aromatic heterocycles. The molecular formula is C12H24O5. The van der Waals surface area contributed by atoms with Crippen molar-refractivity contribution < 1.29 is 24.1 Å². The van der Waals surface area contributed by atoms with Crippen molar-refractivity contribution in [1.29, 1.82) is 0 Å². The van der Waals surface area contributed by atoms with Gasteiger partial charge >= 0.3 is 5.97 Å². The molecular weight excluding hydrogens is 224 g/mol. The van der Waals surface area contributed by atoms with Crippen molar-refractivity contribution in [1.82, 2.24) is 0 Å². The van der Waals surface area contributed by atoms with Crippen molar-refractivity contribution in [3.05, 3.63) is 0 Å². The van der Waals surface area contributed by atoms with Gasteiger partial charge in [-0.1, -0.05) is 13.3 Å². The lowest BCUT2D eigenvalue weighted by Crippen LogP contribution is -2.10. The molecule has 5 nitrogen and oxygen atoms in total. The maximum Gasteiger partial charge on any atom is 0.305 e. The van der Waals surface area contributed by atoms with E-state index in [-0.39, 0.29) is 12.6 Å². The summed E-state index contributed by atoms with van der Waals surface area (Å²) in [5.41, 5.74) is 0. The van der Waals surface area contributed by atoms with Crippen LogP contribution in [-0.2, 0) is 19.0 Å². The van der Waals surface area contributed by atoms with Crippen LogP contribution in [-0.4, -0.2) is 50.7 Å². The van der Waals surface area contributed by atoms with Gasteiger partial charge in [-0.05, 0) is 12.8 Å². The summed E-state index contributed by atoms with van der Waals surface area (Å²) < 4.78 is 15.2. The minimum Gasteiger partial charge on any atom is -0.466 e. The van der Waals surface area contributed by atoms with Crippen LogP contribution in [0.25, 0.3) is 0 Å². The zero-order valence-corrected chi connectivity index (χ0v) is 10.7. The third-order valence-corrected chi connectivity index (χ3v) is 2.04. The number of ether oxygens (including phenoxy) is 3. The van der Waals surface area contributed by atoms with Crippen LogP contribution < -0.4 is 0 Å². The van der Waals surface area contributed by atoms with Gasteiger partial charge in [-0.3, -0.25) is 4.79 Å². The number of hydrogen-bond acceptors (Lipinski definition) is 5. The molecule has 0 radical (unpaired) electrons. The van der Waals surface area contributed by atoms with Crippen LogP contribution in [0.2, 0.25) is 0 Å². The average molecular weight is 248 g/mol. The van der Waals surface area contributed by atoms with E-state index in [1.54, 1.807) is 0 Å². The Kier molecular flexibility index (Phi) is 12.9. The van der Waals surface area contributed by atoms with Gasteiger partial charge in [-0.15, -0.1) is 0 Å². The Balaban J connectivity index is 3.08. The molecule has 0 unspecified atom stereocenters. The van der Waals surface area contributed by atoms with Crippen LogP contribution in [0.3, 0.4) is 0 Å². The minimum absolute atomic E-state index is 0.0313. The van der Waals surface area contributed by atoms with Crippen LogP contribution in [0.15, 0.2) is 0 Å². The molecule has 1 N–H and O–H groups in total. The quantitative estimate of drug-likeness (QED) is 0.414. The number of unbranched alkanes of at least 4 members (excludes halogenated alkanes) is 1. The highest BCUT2D eigenvalue weighted by molar-refractivity contribution is 5.69. The van der Waals surface area contributed by atoms with Crippen LogP contribution in [0.1, 0.15) is 32.6 Å². The second-order valence-corrected chi connectivity index (χ2v) is 3.63. The summed E-state index contributed by atoms with van der Waals surface area (Å²) in [5.74, 6) is -0.154. The Bertz CT molecular complexity index is 172. The first-order valence-electron chi connectivity index (χ1n) is 6.23. The molecule has 0 aromatic rings. The predicted octanol–water partition coefficient (Wildman–Crippen LogP) is 1.14. The summed E-state index contributed by atoms with van der Waals surface area (Å²) in [7, 11) is 0. The zero-order valence-electron chi connectivity index (χ0n) is 10.7. The topological polar surface area (TPSA) is 65.0 Å². The lowest BCUT2D eigenvalue weighted by Gasteiger charge is -2.05. The van der Waals surface area contributed by atoms with E-state index >= 15 is 0 Å².